The van der Waals surface area contributed by atoms with Gasteiger partial charge >= 0.3 is 12.3 Å². The monoisotopic (exact) mass is 516 g/mol. The Morgan fingerprint density at radius 3 is 2.30 bits per heavy atom. The fourth-order valence-electron chi connectivity index (χ4n) is 3.97. The van der Waals surface area contributed by atoms with Crippen LogP contribution >= 0.6 is 0 Å². The molecule has 3 aromatic rings. The molecule has 1 saturated heterocycles. The Hall–Kier alpha value is -4.15. The number of alkyl halides is 3. The first-order valence-electron chi connectivity index (χ1n) is 11.6. The van der Waals surface area contributed by atoms with Crippen molar-refractivity contribution in [3.8, 4) is 5.88 Å². The van der Waals surface area contributed by atoms with Crippen molar-refractivity contribution in [1.82, 2.24) is 15.2 Å². The second kappa shape index (κ2) is 11.3. The topological polar surface area (TPSA) is 74.8 Å². The molecule has 4 rings (SSSR count). The van der Waals surface area contributed by atoms with Gasteiger partial charge in [0.15, 0.2) is 0 Å². The first kappa shape index (κ1) is 25.9. The van der Waals surface area contributed by atoms with Crippen molar-refractivity contribution in [2.24, 2.45) is 0 Å². The van der Waals surface area contributed by atoms with E-state index in [4.69, 9.17) is 4.74 Å². The lowest BCUT2D eigenvalue weighted by Crippen LogP contribution is -2.49. The number of benzene rings is 2. The summed E-state index contributed by atoms with van der Waals surface area (Å²) in [5.41, 5.74) is 0.298. The van der Waals surface area contributed by atoms with E-state index in [1.54, 1.807) is 18.2 Å². The summed E-state index contributed by atoms with van der Waals surface area (Å²) in [5.74, 6) is -0.881. The lowest BCUT2D eigenvalue weighted by atomic mass is 10.1. The lowest BCUT2D eigenvalue weighted by Gasteiger charge is -2.36. The van der Waals surface area contributed by atoms with E-state index in [-0.39, 0.29) is 30.4 Å². The van der Waals surface area contributed by atoms with E-state index in [0.717, 1.165) is 17.3 Å². The van der Waals surface area contributed by atoms with Gasteiger partial charge < -0.3 is 19.9 Å². The largest absolute Gasteiger partial charge is 0.417 e. The summed E-state index contributed by atoms with van der Waals surface area (Å²) in [6, 6.07) is 14.0. The lowest BCUT2D eigenvalue weighted by molar-refractivity contribution is -0.138. The van der Waals surface area contributed by atoms with Crippen LogP contribution in [0.4, 0.5) is 28.0 Å². The van der Waals surface area contributed by atoms with Crippen LogP contribution in [0.25, 0.3) is 0 Å². The minimum Gasteiger partial charge on any atom is -0.391 e. The average Bonchev–Trinajstić information content (AvgIpc) is 2.89. The highest BCUT2D eigenvalue weighted by Gasteiger charge is 2.36. The summed E-state index contributed by atoms with van der Waals surface area (Å²) in [4.78, 5) is 32.2. The van der Waals surface area contributed by atoms with Crippen LogP contribution in [-0.4, -0.2) is 54.6 Å². The van der Waals surface area contributed by atoms with E-state index in [2.05, 4.69) is 10.3 Å². The Balaban J connectivity index is 1.26. The first-order chi connectivity index (χ1) is 17.7. The van der Waals surface area contributed by atoms with Crippen molar-refractivity contribution in [2.75, 3.05) is 37.6 Å². The number of aromatic nitrogens is 1. The van der Waals surface area contributed by atoms with E-state index in [9.17, 15) is 27.2 Å². The number of carbonyl (C=O) groups is 2. The van der Waals surface area contributed by atoms with E-state index in [1.807, 2.05) is 4.90 Å². The molecule has 0 radical (unpaired) electrons. The highest BCUT2D eigenvalue weighted by atomic mass is 19.4. The molecule has 0 saturated carbocycles. The van der Waals surface area contributed by atoms with Gasteiger partial charge in [-0.3, -0.25) is 4.79 Å². The SMILES string of the molecule is O=C(NCCc1ccc(F)cc1)Oc1ccc(N2CCN(C(=O)c3ccccc3C(F)(F)F)CC2)cn1. The van der Waals surface area contributed by atoms with Crippen LogP contribution in [0.2, 0.25) is 0 Å². The number of nitrogens with zero attached hydrogens (tertiary/aromatic N) is 3. The molecule has 2 aromatic carbocycles. The second-order valence-corrected chi connectivity index (χ2v) is 8.37. The molecule has 1 fully saturated rings. The Morgan fingerprint density at radius 1 is 0.946 bits per heavy atom. The Bertz CT molecular complexity index is 1230. The number of nitrogens with one attached hydrogen (secondary N) is 1. The number of piperazine rings is 1. The fourth-order valence-corrected chi connectivity index (χ4v) is 3.97. The van der Waals surface area contributed by atoms with Gasteiger partial charge in [0, 0.05) is 38.8 Å². The van der Waals surface area contributed by atoms with Crippen LogP contribution < -0.4 is 15.0 Å². The molecule has 0 bridgehead atoms. The molecule has 1 aliphatic rings. The molecule has 194 valence electrons. The minimum absolute atomic E-state index is 0.0978. The Kier molecular flexibility index (Phi) is 7.90. The van der Waals surface area contributed by atoms with Crippen molar-refractivity contribution in [3.05, 3.63) is 89.4 Å². The van der Waals surface area contributed by atoms with Gasteiger partial charge in [-0.15, -0.1) is 0 Å². The molecule has 0 atom stereocenters. The van der Waals surface area contributed by atoms with Crippen LogP contribution in [0.1, 0.15) is 21.5 Å². The van der Waals surface area contributed by atoms with Crippen molar-refractivity contribution < 1.29 is 31.9 Å². The molecule has 0 unspecified atom stereocenters. The van der Waals surface area contributed by atoms with Gasteiger partial charge in [-0.05, 0) is 42.3 Å². The summed E-state index contributed by atoms with van der Waals surface area (Å²) in [5, 5.41) is 2.60. The van der Waals surface area contributed by atoms with Crippen LogP contribution in [0.15, 0.2) is 66.9 Å². The quantitative estimate of drug-likeness (QED) is 0.488. The molecular weight excluding hydrogens is 492 g/mol. The summed E-state index contributed by atoms with van der Waals surface area (Å²) in [7, 11) is 0. The zero-order valence-corrected chi connectivity index (χ0v) is 19.7. The fraction of sp³-hybridized carbons (Fsp3) is 0.269. The van der Waals surface area contributed by atoms with Crippen LogP contribution in [0.3, 0.4) is 0 Å². The van der Waals surface area contributed by atoms with Crippen LogP contribution in [-0.2, 0) is 12.6 Å². The van der Waals surface area contributed by atoms with Crippen LogP contribution in [0, 0.1) is 5.82 Å². The predicted octanol–water partition coefficient (Wildman–Crippen LogP) is 4.53. The van der Waals surface area contributed by atoms with Gasteiger partial charge in [0.05, 0.1) is 23.0 Å². The molecule has 11 heteroatoms. The van der Waals surface area contributed by atoms with Crippen molar-refractivity contribution in [1.29, 1.82) is 0 Å². The van der Waals surface area contributed by atoms with Gasteiger partial charge in [0.25, 0.3) is 5.91 Å². The minimum atomic E-state index is -4.61. The highest BCUT2D eigenvalue weighted by molar-refractivity contribution is 5.96. The van der Waals surface area contributed by atoms with Crippen molar-refractivity contribution >= 4 is 17.7 Å². The molecule has 2 amide bonds. The number of pyridine rings is 1. The summed E-state index contributed by atoms with van der Waals surface area (Å²) in [6.45, 7) is 1.62. The zero-order chi connectivity index (χ0) is 26.4. The van der Waals surface area contributed by atoms with E-state index >= 15 is 0 Å². The number of anilines is 1. The number of amides is 2. The van der Waals surface area contributed by atoms with Gasteiger partial charge in [-0.25, -0.2) is 14.2 Å². The number of rotatable bonds is 6. The zero-order valence-electron chi connectivity index (χ0n) is 19.7. The van der Waals surface area contributed by atoms with Crippen molar-refractivity contribution in [3.63, 3.8) is 0 Å². The third-order valence-corrected chi connectivity index (χ3v) is 5.91. The maximum Gasteiger partial charge on any atom is 0.417 e. The van der Waals surface area contributed by atoms with E-state index in [0.29, 0.717) is 26.1 Å². The predicted molar refractivity (Wildman–Crippen MR) is 128 cm³/mol. The normalized spacial score (nSPS) is 13.8. The number of ether oxygens (including phenoxy) is 1. The molecule has 7 nitrogen and oxygen atoms in total. The average molecular weight is 516 g/mol. The maximum atomic E-state index is 13.3. The van der Waals surface area contributed by atoms with Gasteiger partial charge in [0.2, 0.25) is 5.88 Å². The smallest absolute Gasteiger partial charge is 0.391 e. The molecule has 1 N–H and O–H groups in total. The summed E-state index contributed by atoms with van der Waals surface area (Å²) < 4.78 is 58.0. The van der Waals surface area contributed by atoms with Gasteiger partial charge in [-0.1, -0.05) is 24.3 Å². The van der Waals surface area contributed by atoms with Crippen LogP contribution in [0.5, 0.6) is 5.88 Å². The molecule has 1 aromatic heterocycles. The second-order valence-electron chi connectivity index (χ2n) is 8.37. The molecule has 0 spiro atoms. The molecular formula is C26H24F4N4O3. The number of carbonyl (C=O) groups excluding carboxylic acids is 2. The molecule has 1 aliphatic heterocycles. The molecule has 2 heterocycles. The summed E-state index contributed by atoms with van der Waals surface area (Å²) in [6.07, 6.45) is -3.24. The highest BCUT2D eigenvalue weighted by Crippen LogP contribution is 2.32. The third kappa shape index (κ3) is 6.75. The maximum absolute atomic E-state index is 13.3. The summed E-state index contributed by atoms with van der Waals surface area (Å²) >= 11 is 0. The Morgan fingerprint density at radius 2 is 1.65 bits per heavy atom. The van der Waals surface area contributed by atoms with Gasteiger partial charge in [0.1, 0.15) is 5.82 Å². The number of hydrogen-bond acceptors (Lipinski definition) is 5. The van der Waals surface area contributed by atoms with Gasteiger partial charge in [-0.2, -0.15) is 13.2 Å². The molecule has 37 heavy (non-hydrogen) atoms. The number of hydrogen-bond donors (Lipinski definition) is 1. The first-order valence-corrected chi connectivity index (χ1v) is 11.6. The third-order valence-electron chi connectivity index (χ3n) is 5.91. The van der Waals surface area contributed by atoms with Crippen molar-refractivity contribution in [2.45, 2.75) is 12.6 Å². The Labute approximate surface area is 210 Å². The van der Waals surface area contributed by atoms with E-state index in [1.165, 1.54) is 47.5 Å². The van der Waals surface area contributed by atoms with E-state index < -0.39 is 23.7 Å². The molecule has 0 aliphatic carbocycles. The standard InChI is InChI=1S/C26H24F4N4O3/c27-19-7-5-18(6-8-19)11-12-31-25(36)37-23-10-9-20(17-32-23)33-13-15-34(16-14-33)24(35)21-3-1-2-4-22(21)26(28,29)30/h1-10,17H,11-16H2,(H,31,36). The number of halogens is 4.